The van der Waals surface area contributed by atoms with Crippen LogP contribution in [0.15, 0.2) is 77.5 Å². The van der Waals surface area contributed by atoms with Gasteiger partial charge in [0.2, 0.25) is 0 Å². The van der Waals surface area contributed by atoms with E-state index in [1.54, 1.807) is 18.7 Å². The summed E-state index contributed by atoms with van der Waals surface area (Å²) in [6.07, 6.45) is 5.29. The van der Waals surface area contributed by atoms with Gasteiger partial charge in [0.15, 0.2) is 6.10 Å². The van der Waals surface area contributed by atoms with Crippen LogP contribution in [0.1, 0.15) is 20.8 Å². The highest BCUT2D eigenvalue weighted by Gasteiger charge is 2.35. The first-order valence-electron chi connectivity index (χ1n) is 7.81. The molecule has 0 saturated carbocycles. The van der Waals surface area contributed by atoms with Crippen molar-refractivity contribution in [2.45, 2.75) is 37.0 Å². The Morgan fingerprint density at radius 3 is 2.62 bits per heavy atom. The van der Waals surface area contributed by atoms with Crippen molar-refractivity contribution in [3.8, 4) is 0 Å². The second kappa shape index (κ2) is 8.06. The number of hydrogen-bond donors (Lipinski definition) is 1. The smallest absolute Gasteiger partial charge is 0.267 e. The van der Waals surface area contributed by atoms with Crippen molar-refractivity contribution in [1.29, 1.82) is 0 Å². The minimum Gasteiger partial charge on any atom is -0.484 e. The molecule has 1 aromatic carbocycles. The monoisotopic (exact) mass is 341 g/mol. The molecule has 0 bridgehead atoms. The van der Waals surface area contributed by atoms with Gasteiger partial charge in [-0.2, -0.15) is 0 Å². The molecule has 126 valence electrons. The lowest BCUT2D eigenvalue weighted by Crippen LogP contribution is -2.37. The average molecular weight is 341 g/mol. The highest BCUT2D eigenvalue weighted by molar-refractivity contribution is 8.00. The van der Waals surface area contributed by atoms with Gasteiger partial charge in [0.05, 0.1) is 16.7 Å². The number of allylic oxidation sites excluding steroid dienone is 5. The molecule has 3 nitrogen and oxygen atoms in total. The fraction of sp³-hybridized carbons (Fsp3) is 0.250. The van der Waals surface area contributed by atoms with Crippen LogP contribution in [0.25, 0.3) is 0 Å². The molecule has 4 heteroatoms. The van der Waals surface area contributed by atoms with Crippen molar-refractivity contribution in [2.75, 3.05) is 5.32 Å². The summed E-state index contributed by atoms with van der Waals surface area (Å²) >= 11 is 1.58. The van der Waals surface area contributed by atoms with Crippen molar-refractivity contribution in [2.24, 2.45) is 0 Å². The number of para-hydroxylation sites is 1. The molecule has 0 aliphatic carbocycles. The number of thioether (sulfide) groups is 1. The van der Waals surface area contributed by atoms with Crippen LogP contribution < -0.4 is 5.32 Å². The SMILES string of the molecule is C=C(C)O[C@H]1C(=O)Nc2ccccc2S[C@H]1C(=C)/C=C\C(C)=C/C. The van der Waals surface area contributed by atoms with Crippen molar-refractivity contribution in [3.63, 3.8) is 0 Å². The zero-order valence-corrected chi connectivity index (χ0v) is 15.2. The predicted molar refractivity (Wildman–Crippen MR) is 102 cm³/mol. The molecular formula is C20H23NO2S. The van der Waals surface area contributed by atoms with Gasteiger partial charge in [-0.05, 0) is 38.5 Å². The summed E-state index contributed by atoms with van der Waals surface area (Å²) in [4.78, 5) is 13.7. The Labute approximate surface area is 148 Å². The van der Waals surface area contributed by atoms with Crippen LogP contribution in [0.5, 0.6) is 0 Å². The molecule has 1 aliphatic heterocycles. The Morgan fingerprint density at radius 2 is 1.96 bits per heavy atom. The summed E-state index contributed by atoms with van der Waals surface area (Å²) in [6, 6.07) is 7.74. The minimum absolute atomic E-state index is 0.183. The standard InChI is InChI=1S/C20H23NO2S/c1-6-14(4)11-12-15(5)19-18(23-13(2)3)20(22)21-16-9-7-8-10-17(16)24-19/h6-12,18-19H,2,5H2,1,3-4H3,(H,21,22)/b12-11-,14-6-/t18-,19+/m1/s1. The Balaban J connectivity index is 2.38. The highest BCUT2D eigenvalue weighted by atomic mass is 32.2. The molecule has 1 heterocycles. The Bertz CT molecular complexity index is 718. The first kappa shape index (κ1) is 18.1. The largest absolute Gasteiger partial charge is 0.484 e. The van der Waals surface area contributed by atoms with Crippen LogP contribution in [0.3, 0.4) is 0 Å². The van der Waals surface area contributed by atoms with Crippen LogP contribution in [0.4, 0.5) is 5.69 Å². The molecule has 1 N–H and O–H groups in total. The number of nitrogens with one attached hydrogen (secondary N) is 1. The molecule has 0 spiro atoms. The zero-order chi connectivity index (χ0) is 17.7. The van der Waals surface area contributed by atoms with E-state index in [2.05, 4.69) is 18.5 Å². The zero-order valence-electron chi connectivity index (χ0n) is 14.3. The maximum absolute atomic E-state index is 12.7. The van der Waals surface area contributed by atoms with Gasteiger partial charge in [0.1, 0.15) is 0 Å². The van der Waals surface area contributed by atoms with E-state index in [-0.39, 0.29) is 11.2 Å². The van der Waals surface area contributed by atoms with Gasteiger partial charge in [-0.3, -0.25) is 4.79 Å². The number of carbonyl (C=O) groups is 1. The van der Waals surface area contributed by atoms with Crippen LogP contribution in [-0.4, -0.2) is 17.3 Å². The Morgan fingerprint density at radius 1 is 1.25 bits per heavy atom. The molecule has 1 amide bonds. The van der Waals surface area contributed by atoms with E-state index in [1.807, 2.05) is 56.3 Å². The number of benzene rings is 1. The molecule has 0 unspecified atom stereocenters. The lowest BCUT2D eigenvalue weighted by atomic mass is 10.1. The number of rotatable bonds is 5. The molecule has 2 rings (SSSR count). The number of carbonyl (C=O) groups excluding carboxylic acids is 1. The topological polar surface area (TPSA) is 38.3 Å². The predicted octanol–water partition coefficient (Wildman–Crippen LogP) is 5.10. The van der Waals surface area contributed by atoms with Crippen LogP contribution >= 0.6 is 11.8 Å². The fourth-order valence-corrected chi connectivity index (χ4v) is 3.45. The maximum atomic E-state index is 12.7. The van der Waals surface area contributed by atoms with Crippen molar-refractivity contribution < 1.29 is 9.53 Å². The summed E-state index contributed by atoms with van der Waals surface area (Å²) < 4.78 is 5.74. The van der Waals surface area contributed by atoms with Gasteiger partial charge in [-0.25, -0.2) is 0 Å². The normalized spacial score (nSPS) is 21.0. The third-order valence-electron chi connectivity index (χ3n) is 3.64. The number of fused-ring (bicyclic) bond motifs is 1. The second-order valence-corrected chi connectivity index (χ2v) is 6.89. The van der Waals surface area contributed by atoms with Gasteiger partial charge in [-0.1, -0.05) is 49.1 Å². The number of anilines is 1. The molecular weight excluding hydrogens is 318 g/mol. The third kappa shape index (κ3) is 4.42. The average Bonchev–Trinajstić information content (AvgIpc) is 2.69. The Kier molecular flexibility index (Phi) is 6.10. The summed E-state index contributed by atoms with van der Waals surface area (Å²) in [5.74, 6) is 0.325. The second-order valence-electron chi connectivity index (χ2n) is 5.71. The van der Waals surface area contributed by atoms with E-state index >= 15 is 0 Å². The lowest BCUT2D eigenvalue weighted by molar-refractivity contribution is -0.124. The van der Waals surface area contributed by atoms with Crippen LogP contribution in [-0.2, 0) is 9.53 Å². The summed E-state index contributed by atoms with van der Waals surface area (Å²) in [5, 5.41) is 2.71. The Hall–Kier alpha value is -2.20. The van der Waals surface area contributed by atoms with Gasteiger partial charge in [0.25, 0.3) is 5.91 Å². The molecule has 1 aromatic rings. The van der Waals surface area contributed by atoms with Gasteiger partial charge < -0.3 is 10.1 Å². The van der Waals surface area contributed by atoms with Crippen molar-refractivity contribution in [1.82, 2.24) is 0 Å². The first-order chi connectivity index (χ1) is 11.4. The molecule has 1 aliphatic rings. The number of amides is 1. The molecule has 0 aromatic heterocycles. The van der Waals surface area contributed by atoms with Crippen LogP contribution in [0, 0.1) is 0 Å². The maximum Gasteiger partial charge on any atom is 0.267 e. The highest BCUT2D eigenvalue weighted by Crippen LogP contribution is 2.39. The molecule has 2 atom stereocenters. The molecule has 0 saturated heterocycles. The van der Waals surface area contributed by atoms with E-state index in [0.717, 1.165) is 21.7 Å². The van der Waals surface area contributed by atoms with E-state index in [0.29, 0.717) is 5.76 Å². The first-order valence-corrected chi connectivity index (χ1v) is 8.69. The van der Waals surface area contributed by atoms with Gasteiger partial charge in [-0.15, -0.1) is 11.8 Å². The molecule has 24 heavy (non-hydrogen) atoms. The summed E-state index contributed by atoms with van der Waals surface area (Å²) in [5.41, 5.74) is 2.77. The third-order valence-corrected chi connectivity index (χ3v) is 5.06. The van der Waals surface area contributed by atoms with Gasteiger partial charge >= 0.3 is 0 Å². The summed E-state index contributed by atoms with van der Waals surface area (Å²) in [7, 11) is 0. The lowest BCUT2D eigenvalue weighted by Gasteiger charge is -2.24. The minimum atomic E-state index is -0.678. The van der Waals surface area contributed by atoms with Crippen molar-refractivity contribution in [3.05, 3.63) is 72.6 Å². The molecule has 0 fully saturated rings. The van der Waals surface area contributed by atoms with E-state index < -0.39 is 6.10 Å². The van der Waals surface area contributed by atoms with E-state index in [1.165, 1.54) is 0 Å². The van der Waals surface area contributed by atoms with E-state index in [9.17, 15) is 4.79 Å². The van der Waals surface area contributed by atoms with E-state index in [4.69, 9.17) is 4.74 Å². The summed E-state index contributed by atoms with van der Waals surface area (Å²) in [6.45, 7) is 13.7. The number of hydrogen-bond acceptors (Lipinski definition) is 3. The van der Waals surface area contributed by atoms with Crippen molar-refractivity contribution >= 4 is 23.4 Å². The fourth-order valence-electron chi connectivity index (χ4n) is 2.24. The van der Waals surface area contributed by atoms with Gasteiger partial charge in [0, 0.05) is 4.90 Å². The quantitative estimate of drug-likeness (QED) is 0.598. The number of ether oxygens (including phenoxy) is 1. The van der Waals surface area contributed by atoms with Crippen LogP contribution in [0.2, 0.25) is 0 Å². The molecule has 0 radical (unpaired) electrons.